The molecule has 3 heterocycles. The van der Waals surface area contributed by atoms with Gasteiger partial charge in [0, 0.05) is 54.5 Å². The average molecular weight is 622 g/mol. The number of methoxy groups -OCH3 is 1. The van der Waals surface area contributed by atoms with Crippen LogP contribution in [0.1, 0.15) is 71.5 Å². The van der Waals surface area contributed by atoms with Gasteiger partial charge in [-0.25, -0.2) is 5.06 Å². The number of aliphatic hydroxyl groups is 4. The molecule has 1 amide bonds. The van der Waals surface area contributed by atoms with E-state index in [-0.39, 0.29) is 25.7 Å². The molecular weight excluding hydrogens is 578 g/mol. The lowest BCUT2D eigenvalue weighted by Crippen LogP contribution is -2.93. The molecule has 4 bridgehead atoms. The van der Waals surface area contributed by atoms with Gasteiger partial charge in [-0.3, -0.25) is 14.4 Å². The molecule has 13 unspecified atom stereocenters. The monoisotopic (exact) mass is 621 g/mol. The van der Waals surface area contributed by atoms with Crippen molar-refractivity contribution in [1.29, 1.82) is 0 Å². The van der Waals surface area contributed by atoms with Crippen molar-refractivity contribution in [2.24, 2.45) is 28.1 Å². The Morgan fingerprint density at radius 3 is 2.32 bits per heavy atom. The van der Waals surface area contributed by atoms with Crippen molar-refractivity contribution in [3.05, 3.63) is 24.2 Å². The minimum absolute atomic E-state index is 0.110. The number of carbonyl (C=O) groups is 2. The van der Waals surface area contributed by atoms with Gasteiger partial charge in [0.15, 0.2) is 0 Å². The predicted molar refractivity (Wildman–Crippen MR) is 147 cm³/mol. The van der Waals surface area contributed by atoms with E-state index in [1.807, 2.05) is 13.8 Å². The van der Waals surface area contributed by atoms with Crippen LogP contribution in [-0.4, -0.2) is 99.2 Å². The standard InChI is InChI=1S/C31H43NO12/c1-24(21(35)16-8-11-41-14-16)9-10-28-26(3)17(13-20(34)39-6)25(2)15-29(26)30(38,22(25)36)23(37)31(28,44-27(4,42-28)43-29)18(24)12-19(33)32(5)40-7/h8,11,14,17-18,21-23,35-38H,9-10,12-13,15H2,1-7H3. The maximum absolute atomic E-state index is 13.7. The van der Waals surface area contributed by atoms with Gasteiger partial charge in [0.1, 0.15) is 28.5 Å². The quantitative estimate of drug-likeness (QED) is 0.253. The van der Waals surface area contributed by atoms with Gasteiger partial charge in [0.05, 0.1) is 39.0 Å². The summed E-state index contributed by atoms with van der Waals surface area (Å²) in [5, 5.41) is 50.7. The molecule has 44 heavy (non-hydrogen) atoms. The van der Waals surface area contributed by atoms with Crippen molar-refractivity contribution in [1.82, 2.24) is 5.06 Å². The highest BCUT2D eigenvalue weighted by atomic mass is 16.9. The molecule has 4 saturated carbocycles. The lowest BCUT2D eigenvalue weighted by Gasteiger charge is -2.76. The van der Waals surface area contributed by atoms with Crippen LogP contribution >= 0.6 is 0 Å². The largest absolute Gasteiger partial charge is 0.472 e. The Bertz CT molecular complexity index is 1410. The first-order valence-corrected chi connectivity index (χ1v) is 15.2. The second-order valence-electron chi connectivity index (χ2n) is 14.8. The number of carbonyl (C=O) groups excluding carboxylic acids is 2. The van der Waals surface area contributed by atoms with E-state index in [9.17, 15) is 30.0 Å². The summed E-state index contributed by atoms with van der Waals surface area (Å²) in [6, 6.07) is 1.63. The van der Waals surface area contributed by atoms with Crippen LogP contribution in [0, 0.1) is 28.1 Å². The fourth-order valence-electron chi connectivity index (χ4n) is 11.6. The molecule has 4 N–H and O–H groups in total. The molecule has 6 aliphatic rings. The van der Waals surface area contributed by atoms with E-state index < -0.39 is 86.6 Å². The Hall–Kier alpha value is -2.10. The molecule has 7 rings (SSSR count). The second-order valence-corrected chi connectivity index (χ2v) is 14.8. The fourth-order valence-corrected chi connectivity index (χ4v) is 11.6. The molecule has 0 aromatic carbocycles. The first-order chi connectivity index (χ1) is 20.4. The predicted octanol–water partition coefficient (Wildman–Crippen LogP) is 1.18. The number of esters is 1. The number of furan rings is 1. The molecule has 2 aliphatic heterocycles. The van der Waals surface area contributed by atoms with Crippen molar-refractivity contribution in [3.8, 4) is 0 Å². The van der Waals surface area contributed by atoms with E-state index in [1.54, 1.807) is 19.9 Å². The summed E-state index contributed by atoms with van der Waals surface area (Å²) in [6.07, 6.45) is -1.45. The van der Waals surface area contributed by atoms with E-state index in [0.717, 1.165) is 5.06 Å². The molecule has 2 spiro atoms. The number of aliphatic hydroxyl groups excluding tert-OH is 3. The van der Waals surface area contributed by atoms with Gasteiger partial charge in [0.25, 0.3) is 5.97 Å². The molecule has 13 atom stereocenters. The van der Waals surface area contributed by atoms with Crippen LogP contribution < -0.4 is 0 Å². The van der Waals surface area contributed by atoms with Crippen LogP contribution in [0.3, 0.4) is 0 Å². The van der Waals surface area contributed by atoms with E-state index in [0.29, 0.717) is 12.0 Å². The first-order valence-electron chi connectivity index (χ1n) is 15.2. The van der Waals surface area contributed by atoms with Crippen molar-refractivity contribution in [2.75, 3.05) is 21.3 Å². The molecule has 1 aromatic heterocycles. The third kappa shape index (κ3) is 2.84. The topological polar surface area (TPSA) is 178 Å². The third-order valence-electron chi connectivity index (χ3n) is 13.4. The Kier molecular flexibility index (Phi) is 5.99. The van der Waals surface area contributed by atoms with Gasteiger partial charge in [-0.05, 0) is 31.2 Å². The van der Waals surface area contributed by atoms with Gasteiger partial charge >= 0.3 is 5.97 Å². The van der Waals surface area contributed by atoms with Gasteiger partial charge in [-0.15, -0.1) is 0 Å². The van der Waals surface area contributed by atoms with Crippen molar-refractivity contribution in [2.45, 2.75) is 106 Å². The van der Waals surface area contributed by atoms with Crippen LogP contribution in [0.25, 0.3) is 0 Å². The molecule has 1 aromatic rings. The Morgan fingerprint density at radius 2 is 1.70 bits per heavy atom. The first kappa shape index (κ1) is 30.5. The summed E-state index contributed by atoms with van der Waals surface area (Å²) in [4.78, 5) is 31.9. The molecular formula is C31H43NO12. The van der Waals surface area contributed by atoms with Crippen LogP contribution in [0.4, 0.5) is 0 Å². The molecule has 2 saturated heterocycles. The lowest BCUT2D eigenvalue weighted by atomic mass is 9.33. The molecule has 13 heteroatoms. The van der Waals surface area contributed by atoms with E-state index in [1.165, 1.54) is 33.8 Å². The summed E-state index contributed by atoms with van der Waals surface area (Å²) in [7, 11) is 4.10. The highest BCUT2D eigenvalue weighted by Crippen LogP contribution is 2.88. The fraction of sp³-hybridized carbons (Fsp3) is 0.806. The Morgan fingerprint density at radius 1 is 1.02 bits per heavy atom. The van der Waals surface area contributed by atoms with Crippen LogP contribution in [-0.2, 0) is 33.4 Å². The highest BCUT2D eigenvalue weighted by molar-refractivity contribution is 5.76. The molecule has 13 nitrogen and oxygen atoms in total. The number of hydroxylamine groups is 2. The maximum atomic E-state index is 13.7. The van der Waals surface area contributed by atoms with Gasteiger partial charge in [-0.1, -0.05) is 20.8 Å². The second kappa shape index (κ2) is 8.62. The Balaban J connectivity index is 1.52. The van der Waals surface area contributed by atoms with E-state index in [2.05, 4.69) is 0 Å². The lowest BCUT2D eigenvalue weighted by molar-refractivity contribution is -0.478. The number of ether oxygens (including phenoxy) is 4. The van der Waals surface area contributed by atoms with Crippen molar-refractivity contribution in [3.63, 3.8) is 0 Å². The zero-order valence-corrected chi connectivity index (χ0v) is 26.2. The van der Waals surface area contributed by atoms with Gasteiger partial charge < -0.3 is 43.8 Å². The number of fused-ring (bicyclic) bond motifs is 2. The number of nitrogens with zero attached hydrogens (tertiary/aromatic N) is 1. The van der Waals surface area contributed by atoms with Crippen molar-refractivity contribution >= 4 is 11.9 Å². The zero-order chi connectivity index (χ0) is 32.1. The molecule has 4 aliphatic carbocycles. The SMILES string of the molecule is COC(=O)CC1C2(C)CC34OC5(C)OC6(C(CC(=O)N(C)OC)C(C)(C(O)c7ccoc7)CCC6(O5)C13C)C(O)C4(O)C2O. The molecule has 244 valence electrons. The number of hydrogen-bond donors (Lipinski definition) is 4. The summed E-state index contributed by atoms with van der Waals surface area (Å²) in [6.45, 7) is 7.07. The van der Waals surface area contributed by atoms with Crippen molar-refractivity contribution < 1.29 is 58.2 Å². The minimum Gasteiger partial charge on any atom is -0.472 e. The number of rotatable bonds is 7. The normalized spacial score (nSPS) is 53.4. The van der Waals surface area contributed by atoms with E-state index in [4.69, 9.17) is 28.2 Å². The Labute approximate surface area is 255 Å². The zero-order valence-electron chi connectivity index (χ0n) is 26.2. The van der Waals surface area contributed by atoms with Crippen LogP contribution in [0.5, 0.6) is 0 Å². The van der Waals surface area contributed by atoms with Gasteiger partial charge in [-0.2, -0.15) is 0 Å². The molecule has 6 fully saturated rings. The maximum Gasteiger partial charge on any atom is 0.305 e. The van der Waals surface area contributed by atoms with E-state index >= 15 is 0 Å². The highest BCUT2D eigenvalue weighted by Gasteiger charge is 3.02. The average Bonchev–Trinajstić information content (AvgIpc) is 3.68. The number of amides is 1. The third-order valence-corrected chi connectivity index (χ3v) is 13.4. The number of hydrogen-bond acceptors (Lipinski definition) is 12. The molecule has 0 radical (unpaired) electrons. The minimum atomic E-state index is -2.29. The van der Waals surface area contributed by atoms with Gasteiger partial charge in [0.2, 0.25) is 5.91 Å². The van der Waals surface area contributed by atoms with Crippen LogP contribution in [0.2, 0.25) is 0 Å². The summed E-state index contributed by atoms with van der Waals surface area (Å²) >= 11 is 0. The summed E-state index contributed by atoms with van der Waals surface area (Å²) < 4.78 is 30.8. The summed E-state index contributed by atoms with van der Waals surface area (Å²) in [5.74, 6) is -4.44. The summed E-state index contributed by atoms with van der Waals surface area (Å²) in [5.41, 5.74) is -10.2. The smallest absolute Gasteiger partial charge is 0.305 e. The van der Waals surface area contributed by atoms with Crippen LogP contribution in [0.15, 0.2) is 23.0 Å².